The molecule has 3 nitrogen and oxygen atoms in total. The van der Waals surface area contributed by atoms with Gasteiger partial charge in [0.15, 0.2) is 0 Å². The summed E-state index contributed by atoms with van der Waals surface area (Å²) < 4.78 is 12.5. The van der Waals surface area contributed by atoms with Crippen molar-refractivity contribution in [2.24, 2.45) is 5.73 Å². The Kier molecular flexibility index (Phi) is 5.83. The first-order valence-corrected chi connectivity index (χ1v) is 3.98. The average Bonchev–Trinajstić information content (AvgIpc) is 2.15. The molecule has 0 atom stereocenters. The third kappa shape index (κ3) is 3.72. The normalized spacial score (nSPS) is 9.00. The summed E-state index contributed by atoms with van der Waals surface area (Å²) in [5, 5.41) is 2.58. The zero-order valence-electron chi connectivity index (χ0n) is 7.50. The number of halogens is 2. The van der Waals surface area contributed by atoms with Gasteiger partial charge in [-0.05, 0) is 24.3 Å². The van der Waals surface area contributed by atoms with Crippen LogP contribution in [-0.2, 0) is 0 Å². The largest absolute Gasteiger partial charge is 0.351 e. The fourth-order valence-electron chi connectivity index (χ4n) is 0.889. The first kappa shape index (κ1) is 12.9. The van der Waals surface area contributed by atoms with Gasteiger partial charge < -0.3 is 11.1 Å². The van der Waals surface area contributed by atoms with Gasteiger partial charge in [0.25, 0.3) is 5.91 Å². The standard InChI is InChI=1S/C9H11FN2O.ClH/c10-8-3-1-7(2-4-8)9(13)12-6-5-11;/h1-4H,5-6,11H2,(H,12,13);1H. The summed E-state index contributed by atoms with van der Waals surface area (Å²) in [6, 6.07) is 5.36. The number of carbonyl (C=O) groups is 1. The van der Waals surface area contributed by atoms with Gasteiger partial charge in [0.2, 0.25) is 0 Å². The molecule has 1 aromatic rings. The average molecular weight is 219 g/mol. The Bertz CT molecular complexity index is 289. The number of hydrogen-bond acceptors (Lipinski definition) is 2. The third-order valence-corrected chi connectivity index (χ3v) is 1.54. The number of carbonyl (C=O) groups excluding carboxylic acids is 1. The molecular formula is C9H12ClFN2O. The minimum Gasteiger partial charge on any atom is -0.351 e. The Morgan fingerprint density at radius 2 is 1.93 bits per heavy atom. The van der Waals surface area contributed by atoms with Gasteiger partial charge in [0.05, 0.1) is 0 Å². The van der Waals surface area contributed by atoms with Crippen molar-refractivity contribution >= 4 is 18.3 Å². The quantitative estimate of drug-likeness (QED) is 0.793. The topological polar surface area (TPSA) is 55.1 Å². The van der Waals surface area contributed by atoms with Crippen molar-refractivity contribution in [3.05, 3.63) is 35.6 Å². The van der Waals surface area contributed by atoms with Crippen LogP contribution in [0.5, 0.6) is 0 Å². The van der Waals surface area contributed by atoms with Crippen LogP contribution < -0.4 is 11.1 Å². The molecule has 0 spiro atoms. The van der Waals surface area contributed by atoms with Gasteiger partial charge in [-0.15, -0.1) is 12.4 Å². The molecule has 0 fully saturated rings. The molecule has 0 saturated carbocycles. The van der Waals surface area contributed by atoms with E-state index >= 15 is 0 Å². The number of nitrogens with two attached hydrogens (primary N) is 1. The number of rotatable bonds is 3. The van der Waals surface area contributed by atoms with E-state index in [0.717, 1.165) is 0 Å². The Labute approximate surface area is 87.9 Å². The molecule has 0 aromatic heterocycles. The van der Waals surface area contributed by atoms with Crippen LogP contribution in [-0.4, -0.2) is 19.0 Å². The zero-order valence-corrected chi connectivity index (χ0v) is 8.31. The highest BCUT2D eigenvalue weighted by molar-refractivity contribution is 5.94. The molecule has 0 unspecified atom stereocenters. The summed E-state index contributed by atoms with van der Waals surface area (Å²) in [6.07, 6.45) is 0. The maximum atomic E-state index is 12.5. The van der Waals surface area contributed by atoms with E-state index in [1.165, 1.54) is 24.3 Å². The molecular weight excluding hydrogens is 207 g/mol. The van der Waals surface area contributed by atoms with E-state index in [9.17, 15) is 9.18 Å². The van der Waals surface area contributed by atoms with E-state index in [4.69, 9.17) is 5.73 Å². The SMILES string of the molecule is Cl.NCCNC(=O)c1ccc(F)cc1. The minimum atomic E-state index is -0.352. The van der Waals surface area contributed by atoms with Crippen LogP contribution in [0.25, 0.3) is 0 Å². The fraction of sp³-hybridized carbons (Fsp3) is 0.222. The van der Waals surface area contributed by atoms with Gasteiger partial charge in [0, 0.05) is 18.7 Å². The maximum Gasteiger partial charge on any atom is 0.251 e. The van der Waals surface area contributed by atoms with Crippen molar-refractivity contribution in [1.29, 1.82) is 0 Å². The lowest BCUT2D eigenvalue weighted by Crippen LogP contribution is -2.28. The van der Waals surface area contributed by atoms with Gasteiger partial charge >= 0.3 is 0 Å². The molecule has 1 amide bonds. The predicted molar refractivity (Wildman–Crippen MR) is 55.0 cm³/mol. The van der Waals surface area contributed by atoms with Crippen molar-refractivity contribution in [3.63, 3.8) is 0 Å². The zero-order chi connectivity index (χ0) is 9.68. The second-order valence-electron chi connectivity index (χ2n) is 2.55. The van der Waals surface area contributed by atoms with Crippen LogP contribution in [0.2, 0.25) is 0 Å². The number of amides is 1. The maximum absolute atomic E-state index is 12.5. The lowest BCUT2D eigenvalue weighted by Gasteiger charge is -2.02. The highest BCUT2D eigenvalue weighted by Crippen LogP contribution is 2.01. The molecule has 0 aliphatic rings. The lowest BCUT2D eigenvalue weighted by atomic mass is 10.2. The number of benzene rings is 1. The van der Waals surface area contributed by atoms with Crippen molar-refractivity contribution < 1.29 is 9.18 Å². The van der Waals surface area contributed by atoms with Gasteiger partial charge in [-0.1, -0.05) is 0 Å². The van der Waals surface area contributed by atoms with E-state index < -0.39 is 0 Å². The Hall–Kier alpha value is -1.13. The van der Waals surface area contributed by atoms with Crippen LogP contribution in [0.15, 0.2) is 24.3 Å². The minimum absolute atomic E-state index is 0. The van der Waals surface area contributed by atoms with E-state index in [2.05, 4.69) is 5.32 Å². The van der Waals surface area contributed by atoms with Crippen LogP contribution in [0.1, 0.15) is 10.4 Å². The summed E-state index contributed by atoms with van der Waals surface area (Å²) >= 11 is 0. The van der Waals surface area contributed by atoms with E-state index in [-0.39, 0.29) is 24.1 Å². The molecule has 78 valence electrons. The predicted octanol–water partition coefficient (Wildman–Crippen LogP) is 0.936. The summed E-state index contributed by atoms with van der Waals surface area (Å²) in [4.78, 5) is 11.2. The van der Waals surface area contributed by atoms with Gasteiger partial charge in [-0.25, -0.2) is 4.39 Å². The fourth-order valence-corrected chi connectivity index (χ4v) is 0.889. The first-order chi connectivity index (χ1) is 6.24. The smallest absolute Gasteiger partial charge is 0.251 e. The molecule has 1 aromatic carbocycles. The van der Waals surface area contributed by atoms with Crippen LogP contribution in [0, 0.1) is 5.82 Å². The summed E-state index contributed by atoms with van der Waals surface area (Å²) in [5.74, 6) is -0.583. The molecule has 0 radical (unpaired) electrons. The molecule has 14 heavy (non-hydrogen) atoms. The van der Waals surface area contributed by atoms with E-state index in [0.29, 0.717) is 18.7 Å². The summed E-state index contributed by atoms with van der Waals surface area (Å²) in [5.41, 5.74) is 5.64. The Balaban J connectivity index is 0.00000169. The van der Waals surface area contributed by atoms with Crippen LogP contribution in [0.4, 0.5) is 4.39 Å². The van der Waals surface area contributed by atoms with Gasteiger partial charge in [-0.3, -0.25) is 4.79 Å². The third-order valence-electron chi connectivity index (χ3n) is 1.54. The molecule has 5 heteroatoms. The van der Waals surface area contributed by atoms with Crippen LogP contribution in [0.3, 0.4) is 0 Å². The Morgan fingerprint density at radius 1 is 1.36 bits per heavy atom. The monoisotopic (exact) mass is 218 g/mol. The van der Waals surface area contributed by atoms with Gasteiger partial charge in [0.1, 0.15) is 5.82 Å². The lowest BCUT2D eigenvalue weighted by molar-refractivity contribution is 0.0954. The van der Waals surface area contributed by atoms with Crippen molar-refractivity contribution in [2.45, 2.75) is 0 Å². The highest BCUT2D eigenvalue weighted by atomic mass is 35.5. The Morgan fingerprint density at radius 3 is 2.43 bits per heavy atom. The van der Waals surface area contributed by atoms with Crippen molar-refractivity contribution in [3.8, 4) is 0 Å². The molecule has 0 aliphatic heterocycles. The van der Waals surface area contributed by atoms with E-state index in [1.54, 1.807) is 0 Å². The number of hydrogen-bond donors (Lipinski definition) is 2. The molecule has 0 saturated heterocycles. The first-order valence-electron chi connectivity index (χ1n) is 3.98. The van der Waals surface area contributed by atoms with Crippen molar-refractivity contribution in [2.75, 3.05) is 13.1 Å². The second kappa shape index (κ2) is 6.34. The highest BCUT2D eigenvalue weighted by Gasteiger charge is 2.02. The molecule has 0 bridgehead atoms. The summed E-state index contributed by atoms with van der Waals surface area (Å²) in [6.45, 7) is 0.823. The molecule has 0 heterocycles. The summed E-state index contributed by atoms with van der Waals surface area (Å²) in [7, 11) is 0. The van der Waals surface area contributed by atoms with Crippen molar-refractivity contribution in [1.82, 2.24) is 5.32 Å². The second-order valence-corrected chi connectivity index (χ2v) is 2.55. The van der Waals surface area contributed by atoms with E-state index in [1.807, 2.05) is 0 Å². The number of nitrogens with one attached hydrogen (secondary N) is 1. The molecule has 1 rings (SSSR count). The molecule has 3 N–H and O–H groups in total. The van der Waals surface area contributed by atoms with Gasteiger partial charge in [-0.2, -0.15) is 0 Å². The molecule has 0 aliphatic carbocycles. The van der Waals surface area contributed by atoms with Crippen LogP contribution >= 0.6 is 12.4 Å².